The van der Waals surface area contributed by atoms with E-state index in [0.717, 1.165) is 42.0 Å². The maximum Gasteiger partial charge on any atom is 0.305 e. The molecule has 2 aromatic carbocycles. The highest BCUT2D eigenvalue weighted by Crippen LogP contribution is 2.17. The van der Waals surface area contributed by atoms with E-state index in [2.05, 4.69) is 15.6 Å². The molecule has 0 saturated carbocycles. The van der Waals surface area contributed by atoms with Gasteiger partial charge in [0.15, 0.2) is 0 Å². The second kappa shape index (κ2) is 18.9. The first-order valence-electron chi connectivity index (χ1n) is 15.4. The number of methoxy groups -OCH3 is 1. The summed E-state index contributed by atoms with van der Waals surface area (Å²) in [5.74, 6) is 2.01. The number of amides is 1. The number of carbonyl (C=O) groups is 3. The van der Waals surface area contributed by atoms with Crippen LogP contribution in [0.5, 0.6) is 17.2 Å². The maximum absolute atomic E-state index is 12.8. The van der Waals surface area contributed by atoms with Crippen molar-refractivity contribution in [2.24, 2.45) is 5.92 Å². The number of nitrogens with zero attached hydrogens (tertiary/aromatic N) is 1. The van der Waals surface area contributed by atoms with Crippen molar-refractivity contribution in [3.8, 4) is 17.2 Å². The smallest absolute Gasteiger partial charge is 0.305 e. The second-order valence-electron chi connectivity index (χ2n) is 11.2. The zero-order valence-electron chi connectivity index (χ0n) is 26.4. The van der Waals surface area contributed by atoms with Gasteiger partial charge < -0.3 is 30.0 Å². The van der Waals surface area contributed by atoms with E-state index in [9.17, 15) is 19.5 Å². The molecule has 3 N–H and O–H groups in total. The van der Waals surface area contributed by atoms with Gasteiger partial charge in [-0.15, -0.1) is 0 Å². The Morgan fingerprint density at radius 1 is 0.844 bits per heavy atom. The number of ether oxygens (including phenoxy) is 3. The van der Waals surface area contributed by atoms with E-state index in [1.54, 1.807) is 19.4 Å². The Kier molecular flexibility index (Phi) is 14.7. The van der Waals surface area contributed by atoms with Gasteiger partial charge in [0.1, 0.15) is 28.8 Å². The van der Waals surface area contributed by atoms with Crippen LogP contribution >= 0.6 is 0 Å². The number of ketones is 1. The van der Waals surface area contributed by atoms with Crippen LogP contribution in [0.3, 0.4) is 0 Å². The predicted molar refractivity (Wildman–Crippen MR) is 173 cm³/mol. The van der Waals surface area contributed by atoms with Crippen LogP contribution in [-0.2, 0) is 27.2 Å². The number of hydrogen-bond acceptors (Lipinski definition) is 8. The summed E-state index contributed by atoms with van der Waals surface area (Å²) < 4.78 is 16.8. The first kappa shape index (κ1) is 34.9. The molecule has 0 fully saturated rings. The molecule has 3 aromatic rings. The van der Waals surface area contributed by atoms with E-state index >= 15 is 0 Å². The number of carboxylic acid groups (broad SMARTS) is 1. The number of unbranched alkanes of at least 4 members (excludes halogenated alkanes) is 1. The number of Topliss-reactive ketones (excluding diaryl/α,β-unsaturated/α-hetero) is 1. The average molecular weight is 620 g/mol. The number of benzene rings is 2. The number of nitrogens with one attached hydrogen (secondary N) is 2. The van der Waals surface area contributed by atoms with Gasteiger partial charge in [-0.1, -0.05) is 38.1 Å². The van der Waals surface area contributed by atoms with E-state index in [1.165, 1.54) is 0 Å². The number of pyridine rings is 1. The number of anilines is 1. The van der Waals surface area contributed by atoms with Crippen LogP contribution in [0.4, 0.5) is 5.82 Å². The number of aliphatic carboxylic acids is 1. The summed E-state index contributed by atoms with van der Waals surface area (Å²) in [6.45, 7) is 5.55. The third-order valence-electron chi connectivity index (χ3n) is 7.07. The Bertz CT molecular complexity index is 1340. The van der Waals surface area contributed by atoms with Gasteiger partial charge in [-0.2, -0.15) is 0 Å². The van der Waals surface area contributed by atoms with Crippen molar-refractivity contribution in [2.75, 3.05) is 32.2 Å². The molecule has 0 aliphatic rings. The standard InChI is InChI=1S/C35H45N3O7/c1-25(2)32(39)7-4-5-19-44-29-14-10-27(11-15-29)22-34(40)38-28(23-35(41)42)21-26-8-12-30(13-9-26)45-20-6-17-36-33-24-31(43-3)16-18-37-33/h8-16,18,24-25,28H,4-7,17,19-23H2,1-3H3,(H,36,37)(H,38,40)(H,41,42)/t28-/m0/s1. The van der Waals surface area contributed by atoms with Gasteiger partial charge >= 0.3 is 5.97 Å². The summed E-state index contributed by atoms with van der Waals surface area (Å²) in [7, 11) is 1.61. The fourth-order valence-electron chi connectivity index (χ4n) is 4.55. The second-order valence-corrected chi connectivity index (χ2v) is 11.2. The molecular formula is C35H45N3O7. The highest BCUT2D eigenvalue weighted by molar-refractivity contribution is 5.80. The molecule has 242 valence electrons. The lowest BCUT2D eigenvalue weighted by Gasteiger charge is -2.18. The van der Waals surface area contributed by atoms with Gasteiger partial charge in [0.2, 0.25) is 5.91 Å². The van der Waals surface area contributed by atoms with Crippen molar-refractivity contribution < 1.29 is 33.7 Å². The predicted octanol–water partition coefficient (Wildman–Crippen LogP) is 5.49. The lowest BCUT2D eigenvalue weighted by molar-refractivity contribution is -0.137. The quantitative estimate of drug-likeness (QED) is 0.132. The Morgan fingerprint density at radius 2 is 1.49 bits per heavy atom. The van der Waals surface area contributed by atoms with E-state index in [-0.39, 0.29) is 30.4 Å². The van der Waals surface area contributed by atoms with Gasteiger partial charge in [0.05, 0.1) is 33.2 Å². The lowest BCUT2D eigenvalue weighted by Crippen LogP contribution is -2.38. The summed E-state index contributed by atoms with van der Waals surface area (Å²) >= 11 is 0. The molecule has 0 spiro atoms. The summed E-state index contributed by atoms with van der Waals surface area (Å²) in [4.78, 5) is 40.2. The SMILES string of the molecule is COc1ccnc(NCCCOc2ccc(C[C@@H](CC(=O)O)NC(=O)Cc3ccc(OCCCCC(=O)C(C)C)cc3)cc2)c1. The summed E-state index contributed by atoms with van der Waals surface area (Å²) in [6.07, 6.45) is 4.94. The molecule has 3 rings (SSSR count). The van der Waals surface area contributed by atoms with Crippen LogP contribution in [0.2, 0.25) is 0 Å². The fourth-order valence-corrected chi connectivity index (χ4v) is 4.55. The topological polar surface area (TPSA) is 136 Å². The van der Waals surface area contributed by atoms with Crippen LogP contribution in [0, 0.1) is 5.92 Å². The molecule has 0 unspecified atom stereocenters. The van der Waals surface area contributed by atoms with E-state index in [1.807, 2.05) is 68.4 Å². The van der Waals surface area contributed by atoms with Crippen LogP contribution in [0.1, 0.15) is 57.1 Å². The molecule has 1 aromatic heterocycles. The molecule has 0 bridgehead atoms. The zero-order valence-corrected chi connectivity index (χ0v) is 26.4. The minimum Gasteiger partial charge on any atom is -0.497 e. The van der Waals surface area contributed by atoms with E-state index in [4.69, 9.17) is 14.2 Å². The number of carbonyl (C=O) groups excluding carboxylic acids is 2. The highest BCUT2D eigenvalue weighted by Gasteiger charge is 2.17. The van der Waals surface area contributed by atoms with Crippen molar-refractivity contribution >= 4 is 23.5 Å². The minimum absolute atomic E-state index is 0.0659. The Hall–Kier alpha value is -4.60. The molecule has 1 heterocycles. The van der Waals surface area contributed by atoms with Crippen LogP contribution in [0.15, 0.2) is 66.9 Å². The molecule has 0 aliphatic carbocycles. The van der Waals surface area contributed by atoms with Crippen molar-refractivity contribution in [3.63, 3.8) is 0 Å². The monoisotopic (exact) mass is 619 g/mol. The first-order chi connectivity index (χ1) is 21.7. The van der Waals surface area contributed by atoms with Gasteiger partial charge in [0.25, 0.3) is 0 Å². The molecule has 1 amide bonds. The van der Waals surface area contributed by atoms with Crippen LogP contribution < -0.4 is 24.8 Å². The molecule has 1 atom stereocenters. The van der Waals surface area contributed by atoms with Gasteiger partial charge in [0, 0.05) is 37.2 Å². The van der Waals surface area contributed by atoms with Gasteiger partial charge in [-0.3, -0.25) is 14.4 Å². The molecule has 0 aliphatic heterocycles. The molecule has 10 nitrogen and oxygen atoms in total. The summed E-state index contributed by atoms with van der Waals surface area (Å²) in [5.41, 5.74) is 1.70. The minimum atomic E-state index is -0.979. The van der Waals surface area contributed by atoms with E-state index in [0.29, 0.717) is 44.1 Å². The largest absolute Gasteiger partial charge is 0.497 e. The Morgan fingerprint density at radius 3 is 2.11 bits per heavy atom. The molecule has 10 heteroatoms. The number of hydrogen-bond donors (Lipinski definition) is 3. The average Bonchev–Trinajstić information content (AvgIpc) is 3.02. The normalized spacial score (nSPS) is 11.5. The van der Waals surface area contributed by atoms with Crippen molar-refractivity contribution in [2.45, 2.75) is 64.8 Å². The van der Waals surface area contributed by atoms with Gasteiger partial charge in [-0.05, 0) is 67.1 Å². The van der Waals surface area contributed by atoms with Crippen molar-refractivity contribution in [1.29, 1.82) is 0 Å². The molecular weight excluding hydrogens is 574 g/mol. The zero-order chi connectivity index (χ0) is 32.4. The number of aromatic nitrogens is 1. The first-order valence-corrected chi connectivity index (χ1v) is 15.4. The maximum atomic E-state index is 12.8. The third-order valence-corrected chi connectivity index (χ3v) is 7.07. The summed E-state index contributed by atoms with van der Waals surface area (Å²) in [5, 5.41) is 15.5. The van der Waals surface area contributed by atoms with Crippen LogP contribution in [0.25, 0.3) is 0 Å². The Labute approximate surface area is 265 Å². The summed E-state index contributed by atoms with van der Waals surface area (Å²) in [6, 6.07) is 17.8. The lowest BCUT2D eigenvalue weighted by atomic mass is 10.0. The molecule has 45 heavy (non-hydrogen) atoms. The van der Waals surface area contributed by atoms with Crippen molar-refractivity contribution in [3.05, 3.63) is 78.0 Å². The Balaban J connectivity index is 1.39. The third kappa shape index (κ3) is 13.7. The van der Waals surface area contributed by atoms with Gasteiger partial charge in [-0.25, -0.2) is 4.98 Å². The number of carboxylic acids is 1. The fraction of sp³-hybridized carbons (Fsp3) is 0.429. The molecule has 0 saturated heterocycles. The van der Waals surface area contributed by atoms with Crippen LogP contribution in [-0.4, -0.2) is 60.7 Å². The molecule has 0 radical (unpaired) electrons. The highest BCUT2D eigenvalue weighted by atomic mass is 16.5. The van der Waals surface area contributed by atoms with E-state index < -0.39 is 12.0 Å². The van der Waals surface area contributed by atoms with Crippen molar-refractivity contribution in [1.82, 2.24) is 10.3 Å². The number of rotatable bonds is 21.